The highest BCUT2D eigenvalue weighted by molar-refractivity contribution is 7.85. The lowest BCUT2D eigenvalue weighted by Crippen LogP contribution is -2.63. The summed E-state index contributed by atoms with van der Waals surface area (Å²) in [5, 5.41) is 0. The normalized spacial score (nSPS) is 13.7. The van der Waals surface area contributed by atoms with E-state index in [1.54, 1.807) is 0 Å². The second-order valence-corrected chi connectivity index (χ2v) is 5.68. The molecule has 1 rings (SSSR count). The number of hydrogen-bond acceptors (Lipinski definition) is 5. The fourth-order valence-corrected chi connectivity index (χ4v) is 2.39. The number of carbonyl (C=O) groups excluding carboxylic acids is 1. The molecule has 0 aliphatic carbocycles. The Hall–Kier alpha value is -1.82. The van der Waals surface area contributed by atoms with Gasteiger partial charge in [-0.1, -0.05) is 18.2 Å². The van der Waals surface area contributed by atoms with E-state index in [0.717, 1.165) is 24.3 Å². The van der Waals surface area contributed by atoms with Gasteiger partial charge in [-0.3, -0.25) is 0 Å². The molecule has 0 saturated carbocycles. The Morgan fingerprint density at radius 3 is 1.78 bits per heavy atom. The first-order valence-electron chi connectivity index (χ1n) is 5.55. The molecular weight excluding hydrogens is 358 g/mol. The van der Waals surface area contributed by atoms with E-state index in [1.165, 1.54) is 6.07 Å². The van der Waals surface area contributed by atoms with Gasteiger partial charge in [0.1, 0.15) is 0 Å². The predicted molar refractivity (Wildman–Crippen MR) is 61.3 cm³/mol. The zero-order valence-electron chi connectivity index (χ0n) is 10.8. The topological polar surface area (TPSA) is 83.5 Å². The number of hydrogen-bond donors (Lipinski definition) is 0. The quantitative estimate of drug-likeness (QED) is 0.464. The van der Waals surface area contributed by atoms with Crippen molar-refractivity contribution in [2.75, 3.05) is 5.75 Å². The number of rotatable bonds is 4. The Morgan fingerprint density at radius 1 is 1.00 bits per heavy atom. The van der Waals surface area contributed by atoms with Gasteiger partial charge in [0.15, 0.2) is 0 Å². The summed E-state index contributed by atoms with van der Waals surface area (Å²) in [6, 6.07) is 5.28. The molecule has 0 aromatic heterocycles. The summed E-state index contributed by atoms with van der Waals surface area (Å²) >= 11 is 0. The van der Waals surface area contributed by atoms with Crippen LogP contribution in [0.4, 0.5) is 26.3 Å². The van der Waals surface area contributed by atoms with Gasteiger partial charge in [0.05, 0.1) is 21.4 Å². The average Bonchev–Trinajstić information content (AvgIpc) is 2.34. The molecule has 0 bridgehead atoms. The molecule has 0 atom stereocenters. The maximum absolute atomic E-state index is 12.9. The minimum Gasteiger partial charge on any atom is -0.748 e. The lowest BCUT2D eigenvalue weighted by Gasteiger charge is -2.36. The SMILES string of the molecule is O=C(OC(CS(=O)(=O)[O-])(C(F)(F)F)C(F)(F)F)c1ccccc1. The summed E-state index contributed by atoms with van der Waals surface area (Å²) in [4.78, 5) is 11.5. The van der Waals surface area contributed by atoms with E-state index >= 15 is 0 Å². The second-order valence-electron chi connectivity index (χ2n) is 4.28. The van der Waals surface area contributed by atoms with E-state index in [1.807, 2.05) is 0 Å². The molecule has 0 amide bonds. The number of benzene rings is 1. The highest BCUT2D eigenvalue weighted by Crippen LogP contribution is 2.47. The van der Waals surface area contributed by atoms with Crippen LogP contribution in [0, 0.1) is 0 Å². The molecule has 0 saturated heterocycles. The van der Waals surface area contributed by atoms with Crippen LogP contribution in [-0.4, -0.2) is 42.6 Å². The number of halogens is 6. The van der Waals surface area contributed by atoms with Gasteiger partial charge in [-0.2, -0.15) is 26.3 Å². The maximum atomic E-state index is 12.9. The Balaban J connectivity index is 3.42. The van der Waals surface area contributed by atoms with Crippen LogP contribution in [-0.2, 0) is 14.9 Å². The van der Waals surface area contributed by atoms with E-state index in [4.69, 9.17) is 0 Å². The monoisotopic (exact) mass is 365 g/mol. The van der Waals surface area contributed by atoms with Crippen molar-refractivity contribution >= 4 is 16.1 Å². The molecule has 0 unspecified atom stereocenters. The van der Waals surface area contributed by atoms with Crippen LogP contribution >= 0.6 is 0 Å². The smallest absolute Gasteiger partial charge is 0.438 e. The first kappa shape index (κ1) is 19.2. The number of ether oxygens (including phenoxy) is 1. The lowest BCUT2D eigenvalue weighted by atomic mass is 10.1. The number of carbonyl (C=O) groups is 1. The van der Waals surface area contributed by atoms with Crippen molar-refractivity contribution in [1.82, 2.24) is 0 Å². The van der Waals surface area contributed by atoms with Crippen LogP contribution in [0.25, 0.3) is 0 Å². The lowest BCUT2D eigenvalue weighted by molar-refractivity contribution is -0.356. The van der Waals surface area contributed by atoms with Gasteiger partial charge in [-0.15, -0.1) is 0 Å². The van der Waals surface area contributed by atoms with Crippen molar-refractivity contribution < 1.29 is 48.8 Å². The van der Waals surface area contributed by atoms with Crippen LogP contribution in [0.5, 0.6) is 0 Å². The van der Waals surface area contributed by atoms with Crippen LogP contribution < -0.4 is 0 Å². The van der Waals surface area contributed by atoms with Crippen molar-refractivity contribution in [3.05, 3.63) is 35.9 Å². The van der Waals surface area contributed by atoms with Gasteiger partial charge in [0.2, 0.25) is 0 Å². The standard InChI is InChI=1S/C11H8F6O5S/c12-10(13,14)9(11(15,16)17,6-23(19,20)21)22-8(18)7-4-2-1-3-5-7/h1-5H,6H2,(H,19,20,21)/p-1. The van der Waals surface area contributed by atoms with Gasteiger partial charge in [-0.05, 0) is 12.1 Å². The van der Waals surface area contributed by atoms with Gasteiger partial charge in [-0.25, -0.2) is 13.2 Å². The Labute approximate surface area is 125 Å². The summed E-state index contributed by atoms with van der Waals surface area (Å²) in [6.45, 7) is 0. The van der Waals surface area contributed by atoms with Crippen LogP contribution in [0.3, 0.4) is 0 Å². The molecule has 0 heterocycles. The fourth-order valence-electron chi connectivity index (χ4n) is 1.51. The van der Waals surface area contributed by atoms with E-state index < -0.39 is 45.4 Å². The number of esters is 1. The molecule has 0 fully saturated rings. The fraction of sp³-hybridized carbons (Fsp3) is 0.364. The van der Waals surface area contributed by atoms with Gasteiger partial charge >= 0.3 is 23.9 Å². The molecule has 12 heteroatoms. The van der Waals surface area contributed by atoms with E-state index in [0.29, 0.717) is 0 Å². The summed E-state index contributed by atoms with van der Waals surface area (Å²) in [5.74, 6) is -5.10. The zero-order valence-corrected chi connectivity index (χ0v) is 11.6. The maximum Gasteiger partial charge on any atom is 0.438 e. The van der Waals surface area contributed by atoms with Crippen molar-refractivity contribution in [2.24, 2.45) is 0 Å². The molecule has 0 radical (unpaired) electrons. The molecule has 0 aliphatic heterocycles. The van der Waals surface area contributed by atoms with Crippen LogP contribution in [0.15, 0.2) is 30.3 Å². The third kappa shape index (κ3) is 4.34. The third-order valence-electron chi connectivity index (χ3n) is 2.57. The predicted octanol–water partition coefficient (Wildman–Crippen LogP) is 2.25. The zero-order chi connectivity index (χ0) is 18.1. The largest absolute Gasteiger partial charge is 0.748 e. The Bertz CT molecular complexity index is 650. The third-order valence-corrected chi connectivity index (χ3v) is 3.33. The second kappa shape index (κ2) is 6.00. The van der Waals surface area contributed by atoms with Crippen molar-refractivity contribution in [3.63, 3.8) is 0 Å². The molecule has 130 valence electrons. The highest BCUT2D eigenvalue weighted by atomic mass is 32.2. The minimum atomic E-state index is -6.38. The Kier molecular flexibility index (Phi) is 5.01. The molecule has 0 spiro atoms. The Morgan fingerprint density at radius 2 is 1.43 bits per heavy atom. The molecule has 1 aromatic rings. The number of alkyl halides is 6. The van der Waals surface area contributed by atoms with E-state index in [2.05, 4.69) is 4.74 Å². The first-order chi connectivity index (χ1) is 10.2. The van der Waals surface area contributed by atoms with E-state index in [-0.39, 0.29) is 0 Å². The summed E-state index contributed by atoms with van der Waals surface area (Å²) < 4.78 is 112. The van der Waals surface area contributed by atoms with Crippen molar-refractivity contribution in [1.29, 1.82) is 0 Å². The molecule has 0 N–H and O–H groups in total. The van der Waals surface area contributed by atoms with Gasteiger partial charge in [0.25, 0.3) is 0 Å². The van der Waals surface area contributed by atoms with E-state index in [9.17, 15) is 44.1 Å². The van der Waals surface area contributed by atoms with Crippen molar-refractivity contribution in [3.8, 4) is 0 Å². The van der Waals surface area contributed by atoms with Gasteiger partial charge < -0.3 is 9.29 Å². The first-order valence-corrected chi connectivity index (χ1v) is 7.13. The molecule has 23 heavy (non-hydrogen) atoms. The minimum absolute atomic E-state index is 0.686. The van der Waals surface area contributed by atoms with Gasteiger partial charge in [0, 0.05) is 0 Å². The van der Waals surface area contributed by atoms with Crippen LogP contribution in [0.2, 0.25) is 0 Å². The van der Waals surface area contributed by atoms with Crippen LogP contribution in [0.1, 0.15) is 10.4 Å². The highest BCUT2D eigenvalue weighted by Gasteiger charge is 2.75. The molecule has 0 aliphatic rings. The average molecular weight is 365 g/mol. The molecular formula is C11H7F6O5S-. The summed E-state index contributed by atoms with van der Waals surface area (Å²) in [6.07, 6.45) is -12.8. The van der Waals surface area contributed by atoms with Crippen molar-refractivity contribution in [2.45, 2.75) is 18.0 Å². The summed E-state index contributed by atoms with van der Waals surface area (Å²) in [7, 11) is -6.04. The summed E-state index contributed by atoms with van der Waals surface area (Å²) in [5.41, 5.74) is -6.15. The molecule has 5 nitrogen and oxygen atoms in total. The molecule has 1 aromatic carbocycles.